The lowest BCUT2D eigenvalue weighted by Crippen LogP contribution is -2.32. The maximum Gasteiger partial charge on any atom is 0.0897 e. The Morgan fingerprint density at radius 1 is 1.07 bits per heavy atom. The van der Waals surface area contributed by atoms with Gasteiger partial charge in [0.25, 0.3) is 0 Å². The van der Waals surface area contributed by atoms with Crippen molar-refractivity contribution in [3.05, 3.63) is 0 Å². The largest absolute Gasteiger partial charge is 0.391 e. The molecule has 3 N–H and O–H groups in total. The number of nitrogens with one attached hydrogen (secondary N) is 1. The molecule has 0 heterocycles. The van der Waals surface area contributed by atoms with Crippen LogP contribution in [0.5, 0.6) is 0 Å². The van der Waals surface area contributed by atoms with Gasteiger partial charge >= 0.3 is 0 Å². The third kappa shape index (κ3) is 8.40. The molecule has 0 aliphatic heterocycles. The lowest BCUT2D eigenvalue weighted by atomic mass is 10.2. The Hall–Kier alpha value is -0.200. The van der Waals surface area contributed by atoms with Crippen molar-refractivity contribution >= 4 is 0 Å². The quantitative estimate of drug-likeness (QED) is 0.422. The van der Waals surface area contributed by atoms with Gasteiger partial charge in [-0.3, -0.25) is 0 Å². The summed E-state index contributed by atoms with van der Waals surface area (Å²) >= 11 is 0. The van der Waals surface area contributed by atoms with Gasteiger partial charge in [-0.05, 0) is 13.0 Å². The van der Waals surface area contributed by atoms with E-state index in [2.05, 4.69) is 5.32 Å². The Bertz CT molecular complexity index is 109. The second-order valence-corrected chi connectivity index (χ2v) is 3.21. The molecule has 0 saturated carbocycles. The van der Waals surface area contributed by atoms with Crippen LogP contribution in [0.25, 0.3) is 0 Å². The van der Waals surface area contributed by atoms with Gasteiger partial charge in [-0.15, -0.1) is 0 Å². The molecule has 0 saturated heterocycles. The summed E-state index contributed by atoms with van der Waals surface area (Å²) in [4.78, 5) is 0. The van der Waals surface area contributed by atoms with Crippen molar-refractivity contribution in [2.24, 2.45) is 0 Å². The van der Waals surface area contributed by atoms with Crippen molar-refractivity contribution in [1.29, 1.82) is 0 Å². The van der Waals surface area contributed by atoms with E-state index in [1.807, 2.05) is 0 Å². The lowest BCUT2D eigenvalue weighted by Gasteiger charge is -2.12. The van der Waals surface area contributed by atoms with E-state index in [4.69, 9.17) is 9.47 Å². The van der Waals surface area contributed by atoms with E-state index in [1.54, 1.807) is 14.2 Å². The molecule has 86 valence electrons. The van der Waals surface area contributed by atoms with Crippen molar-refractivity contribution in [2.45, 2.75) is 18.6 Å². The summed E-state index contributed by atoms with van der Waals surface area (Å²) in [5.74, 6) is 0. The Balaban J connectivity index is 3.19. The van der Waals surface area contributed by atoms with Crippen LogP contribution in [-0.2, 0) is 9.47 Å². The van der Waals surface area contributed by atoms with Gasteiger partial charge in [0.05, 0.1) is 25.4 Å². The molecule has 2 atom stereocenters. The fraction of sp³-hybridized carbons (Fsp3) is 1.00. The summed E-state index contributed by atoms with van der Waals surface area (Å²) in [6, 6.07) is 0. The molecule has 0 aromatic heterocycles. The average molecular weight is 207 g/mol. The maximum absolute atomic E-state index is 9.27. The molecule has 0 radical (unpaired) electrons. The van der Waals surface area contributed by atoms with Gasteiger partial charge < -0.3 is 25.0 Å². The van der Waals surface area contributed by atoms with Crippen molar-refractivity contribution in [3.63, 3.8) is 0 Å². The Morgan fingerprint density at radius 3 is 2.21 bits per heavy atom. The van der Waals surface area contributed by atoms with E-state index >= 15 is 0 Å². The zero-order valence-electron chi connectivity index (χ0n) is 8.90. The van der Waals surface area contributed by atoms with Crippen LogP contribution in [0.4, 0.5) is 0 Å². The second-order valence-electron chi connectivity index (χ2n) is 3.21. The molecule has 0 aromatic rings. The first-order chi connectivity index (χ1) is 6.70. The van der Waals surface area contributed by atoms with Crippen LogP contribution in [0, 0.1) is 0 Å². The first-order valence-electron chi connectivity index (χ1n) is 4.75. The monoisotopic (exact) mass is 207 g/mol. The van der Waals surface area contributed by atoms with Gasteiger partial charge in [0.1, 0.15) is 0 Å². The van der Waals surface area contributed by atoms with Crippen LogP contribution in [0.3, 0.4) is 0 Å². The van der Waals surface area contributed by atoms with E-state index in [0.717, 1.165) is 0 Å². The van der Waals surface area contributed by atoms with Crippen LogP contribution >= 0.6 is 0 Å². The van der Waals surface area contributed by atoms with E-state index in [-0.39, 0.29) is 0 Å². The minimum absolute atomic E-state index is 0.327. The molecule has 5 heteroatoms. The van der Waals surface area contributed by atoms with E-state index in [9.17, 15) is 10.2 Å². The van der Waals surface area contributed by atoms with Crippen LogP contribution in [0.2, 0.25) is 0 Å². The van der Waals surface area contributed by atoms with Gasteiger partial charge in [-0.2, -0.15) is 0 Å². The Labute approximate surface area is 85.0 Å². The van der Waals surface area contributed by atoms with Gasteiger partial charge in [0.15, 0.2) is 0 Å². The highest BCUT2D eigenvalue weighted by Crippen LogP contribution is 1.90. The minimum Gasteiger partial charge on any atom is -0.391 e. The summed E-state index contributed by atoms with van der Waals surface area (Å²) < 4.78 is 9.53. The number of aliphatic hydroxyl groups excluding tert-OH is 2. The third-order valence-corrected chi connectivity index (χ3v) is 1.75. The molecule has 5 nitrogen and oxygen atoms in total. The SMILES string of the molecule is COCC(O)CCNCC(O)COC. The molecule has 14 heavy (non-hydrogen) atoms. The second kappa shape index (κ2) is 9.36. The van der Waals surface area contributed by atoms with Gasteiger partial charge in [-0.1, -0.05) is 0 Å². The topological polar surface area (TPSA) is 71.0 Å². The first-order valence-corrected chi connectivity index (χ1v) is 4.75. The summed E-state index contributed by atoms with van der Waals surface area (Å²) in [7, 11) is 3.10. The molecule has 2 unspecified atom stereocenters. The summed E-state index contributed by atoms with van der Waals surface area (Å²) in [5.41, 5.74) is 0. The Kier molecular flexibility index (Phi) is 9.23. The van der Waals surface area contributed by atoms with Gasteiger partial charge in [-0.25, -0.2) is 0 Å². The molecule has 0 amide bonds. The standard InChI is InChI=1S/C9H21NO4/c1-13-6-8(11)3-4-10-5-9(12)7-14-2/h8-12H,3-7H2,1-2H3. The lowest BCUT2D eigenvalue weighted by molar-refractivity contribution is 0.0531. The summed E-state index contributed by atoms with van der Waals surface area (Å²) in [6.45, 7) is 1.81. The van der Waals surface area contributed by atoms with Crippen molar-refractivity contribution in [1.82, 2.24) is 5.32 Å². The fourth-order valence-corrected chi connectivity index (χ4v) is 1.06. The zero-order chi connectivity index (χ0) is 10.8. The summed E-state index contributed by atoms with van der Waals surface area (Å²) in [5, 5.41) is 21.5. The third-order valence-electron chi connectivity index (χ3n) is 1.75. The van der Waals surface area contributed by atoms with Crippen molar-refractivity contribution in [3.8, 4) is 0 Å². The molecule has 0 fully saturated rings. The molecule has 0 aromatic carbocycles. The summed E-state index contributed by atoms with van der Waals surface area (Å²) in [6.07, 6.45) is -0.306. The number of rotatable bonds is 9. The smallest absolute Gasteiger partial charge is 0.0897 e. The number of hydrogen-bond acceptors (Lipinski definition) is 5. The average Bonchev–Trinajstić information content (AvgIpc) is 2.13. The van der Waals surface area contributed by atoms with Crippen LogP contribution < -0.4 is 5.32 Å². The van der Waals surface area contributed by atoms with Crippen LogP contribution in [0.15, 0.2) is 0 Å². The minimum atomic E-state index is -0.487. The first kappa shape index (κ1) is 13.8. The van der Waals surface area contributed by atoms with Crippen LogP contribution in [0.1, 0.15) is 6.42 Å². The van der Waals surface area contributed by atoms with Gasteiger partial charge in [0, 0.05) is 20.8 Å². The fourth-order valence-electron chi connectivity index (χ4n) is 1.06. The molecule has 0 rings (SSSR count). The van der Waals surface area contributed by atoms with Crippen LogP contribution in [-0.4, -0.2) is 62.9 Å². The number of ether oxygens (including phenoxy) is 2. The number of methoxy groups -OCH3 is 2. The number of aliphatic hydroxyl groups is 2. The molecular formula is C9H21NO4. The maximum atomic E-state index is 9.27. The van der Waals surface area contributed by atoms with Crippen molar-refractivity contribution < 1.29 is 19.7 Å². The molecule has 0 bridgehead atoms. The zero-order valence-corrected chi connectivity index (χ0v) is 8.90. The Morgan fingerprint density at radius 2 is 1.64 bits per heavy atom. The highest BCUT2D eigenvalue weighted by molar-refractivity contribution is 4.61. The molecule has 0 spiro atoms. The van der Waals surface area contributed by atoms with Gasteiger partial charge in [0.2, 0.25) is 0 Å². The molecule has 0 aliphatic carbocycles. The molecular weight excluding hydrogens is 186 g/mol. The normalized spacial score (nSPS) is 15.4. The number of hydrogen-bond donors (Lipinski definition) is 3. The predicted molar refractivity (Wildman–Crippen MR) is 53.3 cm³/mol. The van der Waals surface area contributed by atoms with E-state index in [0.29, 0.717) is 32.7 Å². The van der Waals surface area contributed by atoms with Crippen molar-refractivity contribution in [2.75, 3.05) is 40.5 Å². The molecule has 0 aliphatic rings. The highest BCUT2D eigenvalue weighted by Gasteiger charge is 2.04. The predicted octanol–water partition coefficient (Wildman–Crippen LogP) is -1.02. The highest BCUT2D eigenvalue weighted by atomic mass is 16.5. The van der Waals surface area contributed by atoms with E-state index < -0.39 is 12.2 Å². The van der Waals surface area contributed by atoms with E-state index in [1.165, 1.54) is 0 Å².